The Labute approximate surface area is 393 Å². The fraction of sp³-hybridized carbons (Fsp3) is 0. The van der Waals surface area contributed by atoms with E-state index in [0.717, 1.165) is 67.1 Å². The Kier molecular flexibility index (Phi) is 11.8. The Hall–Kier alpha value is -7.93. The molecular formula is C36H36B3N24Nd. The molecule has 12 aromatic heterocycles. The standard InChI is InChI=1S/3C12H12BN8.Nd/c3*1-5-14-18-9(1)13(10-2-6-15-19-10,11-3-7-16-20-11)12-4-8-17-21-12;/h3*1-8H,(H,14,18)(H,15,19)(H,16,20)(H,17,21);/q3*-1;+3. The second-order valence-electron chi connectivity index (χ2n) is 14.7. The van der Waals surface area contributed by atoms with E-state index in [1.54, 1.807) is 74.4 Å². The monoisotopic (exact) mass is 979 g/mol. The van der Waals surface area contributed by atoms with Crippen molar-refractivity contribution < 1.29 is 40.8 Å². The van der Waals surface area contributed by atoms with E-state index in [1.807, 2.05) is 72.8 Å². The van der Waals surface area contributed by atoms with Crippen molar-refractivity contribution in [1.82, 2.24) is 122 Å². The average Bonchev–Trinajstić information content (AvgIpc) is 4.18. The minimum atomic E-state index is -1.53. The summed E-state index contributed by atoms with van der Waals surface area (Å²) < 4.78 is 0. The minimum Gasteiger partial charge on any atom is -0.320 e. The van der Waals surface area contributed by atoms with E-state index < -0.39 is 18.4 Å². The van der Waals surface area contributed by atoms with Gasteiger partial charge < -0.3 is 61.2 Å². The summed E-state index contributed by atoms with van der Waals surface area (Å²) in [5, 5.41) is 86.2. The summed E-state index contributed by atoms with van der Waals surface area (Å²) in [6.07, 6.45) is 16.2. The molecule has 0 unspecified atom stereocenters. The van der Waals surface area contributed by atoms with Crippen LogP contribution in [-0.2, 0) is 0 Å². The molecular weight excluding hydrogens is 945 g/mol. The Morgan fingerprint density at radius 3 is 0.344 bits per heavy atom. The molecule has 0 atom stereocenters. The van der Waals surface area contributed by atoms with Crippen molar-refractivity contribution in [3.05, 3.63) is 147 Å². The van der Waals surface area contributed by atoms with Crippen LogP contribution in [0.5, 0.6) is 0 Å². The van der Waals surface area contributed by atoms with Crippen LogP contribution in [0.4, 0.5) is 0 Å². The molecule has 313 valence electrons. The van der Waals surface area contributed by atoms with Crippen LogP contribution >= 0.6 is 0 Å². The van der Waals surface area contributed by atoms with Gasteiger partial charge in [-0.15, -0.1) is 67.1 Å². The normalized spacial score (nSPS) is 11.6. The quantitative estimate of drug-likeness (QED) is 0.0509. The number of hydrogen-bond acceptors (Lipinski definition) is 12. The molecule has 12 rings (SSSR count). The second-order valence-corrected chi connectivity index (χ2v) is 14.7. The van der Waals surface area contributed by atoms with Crippen LogP contribution in [0.2, 0.25) is 0 Å². The van der Waals surface area contributed by atoms with Gasteiger partial charge in [0, 0.05) is 74.4 Å². The number of rotatable bonds is 12. The Morgan fingerprint density at radius 2 is 0.281 bits per heavy atom. The molecule has 1 radical (unpaired) electrons. The van der Waals surface area contributed by atoms with E-state index in [9.17, 15) is 0 Å². The van der Waals surface area contributed by atoms with Crippen LogP contribution in [0.15, 0.2) is 147 Å². The maximum Gasteiger partial charge on any atom is 3.00 e. The summed E-state index contributed by atoms with van der Waals surface area (Å²) in [6.45, 7) is 0. The smallest absolute Gasteiger partial charge is 0.320 e. The molecule has 12 aromatic rings. The largest absolute Gasteiger partial charge is 3.00 e. The van der Waals surface area contributed by atoms with Crippen molar-refractivity contribution in [2.45, 2.75) is 0 Å². The number of H-pyrrole nitrogens is 12. The van der Waals surface area contributed by atoms with Gasteiger partial charge in [-0.25, -0.2) is 0 Å². The summed E-state index contributed by atoms with van der Waals surface area (Å²) >= 11 is 0. The molecule has 0 spiro atoms. The van der Waals surface area contributed by atoms with Crippen molar-refractivity contribution in [3.8, 4) is 0 Å². The molecule has 0 aliphatic heterocycles. The van der Waals surface area contributed by atoms with Crippen LogP contribution in [-0.4, -0.2) is 141 Å². The zero-order valence-corrected chi connectivity index (χ0v) is 36.7. The van der Waals surface area contributed by atoms with Gasteiger partial charge in [0.15, 0.2) is 18.4 Å². The third-order valence-electron chi connectivity index (χ3n) is 11.9. The number of nitrogens with zero attached hydrogens (tertiary/aromatic N) is 12. The summed E-state index contributed by atoms with van der Waals surface area (Å²) in [4.78, 5) is 0. The van der Waals surface area contributed by atoms with Gasteiger partial charge in [-0.3, -0.25) is 0 Å². The first-order valence-electron chi connectivity index (χ1n) is 19.7. The van der Waals surface area contributed by atoms with Gasteiger partial charge in [0.25, 0.3) is 0 Å². The van der Waals surface area contributed by atoms with Gasteiger partial charge in [-0.2, -0.15) is 61.2 Å². The molecule has 0 saturated carbocycles. The van der Waals surface area contributed by atoms with E-state index in [1.165, 1.54) is 0 Å². The van der Waals surface area contributed by atoms with Crippen molar-refractivity contribution in [3.63, 3.8) is 0 Å². The molecule has 0 aromatic carbocycles. The fourth-order valence-electron chi connectivity index (χ4n) is 9.11. The summed E-state index contributed by atoms with van der Waals surface area (Å²) in [6, 6.07) is 23.4. The fourth-order valence-corrected chi connectivity index (χ4v) is 9.11. The first-order chi connectivity index (χ1) is 31.3. The SMILES string of the molecule is [Nd+3].c1cc([B-](c2ccn[nH]2)(c2ccn[nH]2)c2ccn[nH]2)[nH]n1.c1cc([B-](c2ccn[nH]2)(c2ccn[nH]2)c2ccn[nH]2)[nH]n1.c1cc([B-](c2ccn[nH]2)(c2ccn[nH]2)c2ccn[nH]2)[nH]n1. The molecule has 0 saturated heterocycles. The number of aromatic nitrogens is 24. The Bertz CT molecular complexity index is 2270. The Balaban J connectivity index is 0.000000121. The number of nitrogens with one attached hydrogen (secondary N) is 12. The van der Waals surface area contributed by atoms with E-state index >= 15 is 0 Å². The van der Waals surface area contributed by atoms with Gasteiger partial charge in [0.1, 0.15) is 0 Å². The molecule has 0 aliphatic carbocycles. The Morgan fingerprint density at radius 1 is 0.188 bits per heavy atom. The number of hydrogen-bond donors (Lipinski definition) is 12. The van der Waals surface area contributed by atoms with Crippen molar-refractivity contribution in [1.29, 1.82) is 0 Å². The first-order valence-corrected chi connectivity index (χ1v) is 19.7. The molecule has 12 N–H and O–H groups in total. The van der Waals surface area contributed by atoms with Crippen LogP contribution < -0.4 is 67.1 Å². The van der Waals surface area contributed by atoms with Gasteiger partial charge >= 0.3 is 40.8 Å². The average molecular weight is 982 g/mol. The molecule has 12 heterocycles. The minimum absolute atomic E-state index is 0. The molecule has 28 heteroatoms. The van der Waals surface area contributed by atoms with E-state index in [0.29, 0.717) is 0 Å². The number of aromatic amines is 12. The zero-order chi connectivity index (χ0) is 42.4. The van der Waals surface area contributed by atoms with Crippen LogP contribution in [0.25, 0.3) is 0 Å². The summed E-state index contributed by atoms with van der Waals surface area (Å²) in [5.41, 5.74) is 11.3. The predicted octanol–water partition coefficient (Wildman–Crippen LogP) is -6.13. The van der Waals surface area contributed by atoms with Crippen molar-refractivity contribution in [2.75, 3.05) is 0 Å². The molecule has 24 nitrogen and oxygen atoms in total. The maximum atomic E-state index is 4.11. The maximum absolute atomic E-state index is 4.11. The van der Waals surface area contributed by atoms with Gasteiger partial charge in [0.05, 0.1) is 0 Å². The van der Waals surface area contributed by atoms with Gasteiger partial charge in [0.2, 0.25) is 0 Å². The van der Waals surface area contributed by atoms with Crippen LogP contribution in [0, 0.1) is 40.8 Å². The van der Waals surface area contributed by atoms with Gasteiger partial charge in [-0.05, 0) is 0 Å². The van der Waals surface area contributed by atoms with E-state index in [4.69, 9.17) is 0 Å². The molecule has 0 fully saturated rings. The second kappa shape index (κ2) is 18.2. The molecule has 64 heavy (non-hydrogen) atoms. The summed E-state index contributed by atoms with van der Waals surface area (Å²) in [7, 11) is 0. The predicted molar refractivity (Wildman–Crippen MR) is 236 cm³/mol. The summed E-state index contributed by atoms with van der Waals surface area (Å²) in [5.74, 6) is 0. The van der Waals surface area contributed by atoms with Crippen molar-refractivity contribution >= 4 is 85.6 Å². The van der Waals surface area contributed by atoms with E-state index in [-0.39, 0.29) is 40.8 Å². The third kappa shape index (κ3) is 6.94. The molecule has 0 aliphatic rings. The molecule has 0 amide bonds. The van der Waals surface area contributed by atoms with Gasteiger partial charge in [-0.1, -0.05) is 72.8 Å². The van der Waals surface area contributed by atoms with Crippen LogP contribution in [0.3, 0.4) is 0 Å². The topological polar surface area (TPSA) is 344 Å². The van der Waals surface area contributed by atoms with E-state index in [2.05, 4.69) is 122 Å². The third-order valence-corrected chi connectivity index (χ3v) is 11.9. The first kappa shape index (κ1) is 41.4. The van der Waals surface area contributed by atoms with Crippen molar-refractivity contribution in [2.24, 2.45) is 0 Å². The van der Waals surface area contributed by atoms with Crippen LogP contribution in [0.1, 0.15) is 0 Å². The zero-order valence-electron chi connectivity index (χ0n) is 33.5. The molecule has 0 bridgehead atoms.